The summed E-state index contributed by atoms with van der Waals surface area (Å²) in [4.78, 5) is 7.96. The van der Waals surface area contributed by atoms with Crippen molar-refractivity contribution in [2.75, 3.05) is 13.1 Å². The van der Waals surface area contributed by atoms with Crippen molar-refractivity contribution in [2.24, 2.45) is 21.5 Å². The molecule has 0 rings (SSSR count). The minimum atomic E-state index is 0.488. The first kappa shape index (κ1) is 9.94. The molecule has 64 valence electrons. The van der Waals surface area contributed by atoms with Crippen LogP contribution in [-0.4, -0.2) is 24.8 Å². The average Bonchev–Trinajstić information content (AvgIpc) is 1.87. The van der Waals surface area contributed by atoms with Gasteiger partial charge in [-0.15, -0.1) is 0 Å². The molecule has 4 heteroatoms. The Morgan fingerprint density at radius 2 is 1.36 bits per heavy atom. The molecule has 0 aromatic heterocycles. The zero-order valence-electron chi connectivity index (χ0n) is 7.17. The van der Waals surface area contributed by atoms with E-state index in [4.69, 9.17) is 11.5 Å². The predicted octanol–water partition coefficient (Wildman–Crippen LogP) is 0.131. The molecule has 0 fully saturated rings. The number of amidine groups is 2. The fourth-order valence-corrected chi connectivity index (χ4v) is 0.704. The molecule has 4 nitrogen and oxygen atoms in total. The first-order valence-electron chi connectivity index (χ1n) is 3.78. The molecule has 0 atom stereocenters. The Bertz CT molecular complexity index is 142. The monoisotopic (exact) mass is 156 g/mol. The van der Waals surface area contributed by atoms with E-state index in [2.05, 4.69) is 9.98 Å². The largest absolute Gasteiger partial charge is 0.387 e. The lowest BCUT2D eigenvalue weighted by atomic mass is 10.4. The Kier molecular flexibility index (Phi) is 5.15. The van der Waals surface area contributed by atoms with Crippen LogP contribution in [0.2, 0.25) is 0 Å². The molecule has 0 heterocycles. The normalized spacial score (nSPS) is 13.6. The van der Waals surface area contributed by atoms with Gasteiger partial charge in [0.1, 0.15) is 11.7 Å². The first-order valence-corrected chi connectivity index (χ1v) is 3.78. The maximum Gasteiger partial charge on any atom is 0.101 e. The smallest absolute Gasteiger partial charge is 0.101 e. The van der Waals surface area contributed by atoms with Crippen molar-refractivity contribution in [3.63, 3.8) is 0 Å². The van der Waals surface area contributed by atoms with E-state index in [-0.39, 0.29) is 0 Å². The van der Waals surface area contributed by atoms with Gasteiger partial charge < -0.3 is 11.5 Å². The van der Waals surface area contributed by atoms with Crippen LogP contribution in [0.5, 0.6) is 0 Å². The molecule has 0 spiro atoms. The molecule has 0 aromatic carbocycles. The Labute approximate surface area is 67.4 Å². The van der Waals surface area contributed by atoms with Gasteiger partial charge in [-0.2, -0.15) is 0 Å². The van der Waals surface area contributed by atoms with Crippen LogP contribution >= 0.6 is 0 Å². The maximum atomic E-state index is 5.50. The van der Waals surface area contributed by atoms with Gasteiger partial charge in [-0.25, -0.2) is 0 Å². The van der Waals surface area contributed by atoms with Gasteiger partial charge in [0.15, 0.2) is 0 Å². The van der Waals surface area contributed by atoms with E-state index in [0.29, 0.717) is 31.2 Å². The molecular weight excluding hydrogens is 140 g/mol. The summed E-state index contributed by atoms with van der Waals surface area (Å²) in [6, 6.07) is 0. The Morgan fingerprint density at radius 1 is 1.00 bits per heavy atom. The molecule has 0 bridgehead atoms. The van der Waals surface area contributed by atoms with E-state index in [1.807, 2.05) is 13.8 Å². The highest BCUT2D eigenvalue weighted by Crippen LogP contribution is 1.82. The van der Waals surface area contributed by atoms with Crippen LogP contribution < -0.4 is 11.5 Å². The fraction of sp³-hybridized carbons (Fsp3) is 0.714. The van der Waals surface area contributed by atoms with Gasteiger partial charge in [-0.1, -0.05) is 0 Å². The second kappa shape index (κ2) is 5.70. The molecule has 4 N–H and O–H groups in total. The van der Waals surface area contributed by atoms with Crippen LogP contribution in [0.4, 0.5) is 0 Å². The summed E-state index contributed by atoms with van der Waals surface area (Å²) in [6.07, 6.45) is 0.488. The second-order valence-corrected chi connectivity index (χ2v) is 2.11. The second-order valence-electron chi connectivity index (χ2n) is 2.11. The Hall–Kier alpha value is -1.06. The average molecular weight is 156 g/mol. The van der Waals surface area contributed by atoms with Gasteiger partial charge in [0.2, 0.25) is 0 Å². The minimum Gasteiger partial charge on any atom is -0.387 e. The zero-order chi connectivity index (χ0) is 8.69. The Balaban J connectivity index is 3.84. The van der Waals surface area contributed by atoms with Crippen molar-refractivity contribution in [2.45, 2.75) is 20.3 Å². The van der Waals surface area contributed by atoms with E-state index in [1.54, 1.807) is 0 Å². The third-order valence-electron chi connectivity index (χ3n) is 1.08. The molecule has 0 amide bonds. The van der Waals surface area contributed by atoms with Crippen LogP contribution in [-0.2, 0) is 0 Å². The van der Waals surface area contributed by atoms with Crippen molar-refractivity contribution in [3.05, 3.63) is 0 Å². The summed E-state index contributed by atoms with van der Waals surface area (Å²) in [6.45, 7) is 5.26. The van der Waals surface area contributed by atoms with Crippen LogP contribution in [0.3, 0.4) is 0 Å². The number of hydrogen-bond donors (Lipinski definition) is 2. The number of aliphatic imine (C=N–C) groups is 2. The molecule has 0 aromatic rings. The van der Waals surface area contributed by atoms with Crippen LogP contribution in [0.25, 0.3) is 0 Å². The van der Waals surface area contributed by atoms with Crippen LogP contribution in [0.1, 0.15) is 20.3 Å². The molecule has 11 heavy (non-hydrogen) atoms. The van der Waals surface area contributed by atoms with Crippen molar-refractivity contribution < 1.29 is 0 Å². The van der Waals surface area contributed by atoms with E-state index in [1.165, 1.54) is 0 Å². The highest BCUT2D eigenvalue weighted by molar-refractivity contribution is 6.00. The summed E-state index contributed by atoms with van der Waals surface area (Å²) >= 11 is 0. The third kappa shape index (κ3) is 5.39. The van der Waals surface area contributed by atoms with Crippen molar-refractivity contribution in [1.82, 2.24) is 0 Å². The first-order chi connectivity index (χ1) is 5.20. The summed E-state index contributed by atoms with van der Waals surface area (Å²) in [5.74, 6) is 1.12. The summed E-state index contributed by atoms with van der Waals surface area (Å²) in [5, 5.41) is 0. The number of nitrogens with two attached hydrogens (primary N) is 2. The molecule has 0 aliphatic rings. The van der Waals surface area contributed by atoms with Crippen molar-refractivity contribution in [1.29, 1.82) is 0 Å². The van der Waals surface area contributed by atoms with E-state index in [9.17, 15) is 0 Å². The molecular formula is C7H16N4. The molecule has 0 radical (unpaired) electrons. The standard InChI is InChI=1S/C7H16N4/c1-3-10-6(8)5-7(9)11-4-2/h3-5H2,1-2H3,(H2,8,10)(H2,9,11). The Morgan fingerprint density at radius 3 is 1.64 bits per heavy atom. The van der Waals surface area contributed by atoms with Crippen molar-refractivity contribution >= 4 is 11.7 Å². The highest BCUT2D eigenvalue weighted by Gasteiger charge is 1.94. The topological polar surface area (TPSA) is 76.8 Å². The number of rotatable bonds is 4. The molecule has 0 aliphatic heterocycles. The van der Waals surface area contributed by atoms with Gasteiger partial charge in [-0.05, 0) is 13.8 Å². The molecule has 0 saturated carbocycles. The summed E-state index contributed by atoms with van der Waals surface area (Å²) in [5.41, 5.74) is 11.0. The van der Waals surface area contributed by atoms with E-state index >= 15 is 0 Å². The lowest BCUT2D eigenvalue weighted by Gasteiger charge is -1.98. The van der Waals surface area contributed by atoms with Gasteiger partial charge >= 0.3 is 0 Å². The van der Waals surface area contributed by atoms with E-state index in [0.717, 1.165) is 0 Å². The highest BCUT2D eigenvalue weighted by atomic mass is 14.9. The number of hydrogen-bond acceptors (Lipinski definition) is 2. The number of nitrogens with zero attached hydrogens (tertiary/aromatic N) is 2. The molecule has 0 unspecified atom stereocenters. The lowest BCUT2D eigenvalue weighted by molar-refractivity contribution is 1.09. The van der Waals surface area contributed by atoms with Gasteiger partial charge in [0, 0.05) is 13.1 Å². The van der Waals surface area contributed by atoms with Gasteiger partial charge in [-0.3, -0.25) is 9.98 Å². The SMILES string of the molecule is CC/N=C(/N)C/C(N)=N\CC. The zero-order valence-corrected chi connectivity index (χ0v) is 7.17. The van der Waals surface area contributed by atoms with Crippen LogP contribution in [0, 0.1) is 0 Å². The quantitative estimate of drug-likeness (QED) is 0.448. The predicted molar refractivity (Wildman–Crippen MR) is 48.9 cm³/mol. The minimum absolute atomic E-state index is 0.488. The van der Waals surface area contributed by atoms with Crippen LogP contribution in [0.15, 0.2) is 9.98 Å². The summed E-state index contributed by atoms with van der Waals surface area (Å²) in [7, 11) is 0. The fourth-order valence-electron chi connectivity index (χ4n) is 0.704. The van der Waals surface area contributed by atoms with E-state index < -0.39 is 0 Å². The molecule has 0 saturated heterocycles. The maximum absolute atomic E-state index is 5.50. The lowest BCUT2D eigenvalue weighted by Crippen LogP contribution is -2.23. The summed E-state index contributed by atoms with van der Waals surface area (Å²) < 4.78 is 0. The van der Waals surface area contributed by atoms with Gasteiger partial charge in [0.05, 0.1) is 6.42 Å². The van der Waals surface area contributed by atoms with Gasteiger partial charge in [0.25, 0.3) is 0 Å². The van der Waals surface area contributed by atoms with Crippen molar-refractivity contribution in [3.8, 4) is 0 Å². The molecule has 0 aliphatic carbocycles. The third-order valence-corrected chi connectivity index (χ3v) is 1.08.